The summed E-state index contributed by atoms with van der Waals surface area (Å²) in [4.78, 5) is 22.1. The number of ether oxygens (including phenoxy) is 1. The van der Waals surface area contributed by atoms with Gasteiger partial charge < -0.3 is 14.4 Å². The van der Waals surface area contributed by atoms with Gasteiger partial charge in [-0.2, -0.15) is 0 Å². The molecular formula is C11H12BrNO5. The fourth-order valence-electron chi connectivity index (χ4n) is 2.40. The molecule has 2 aliphatic rings. The molecule has 0 bridgehead atoms. The van der Waals surface area contributed by atoms with Crippen molar-refractivity contribution >= 4 is 15.9 Å². The molecule has 1 saturated heterocycles. The summed E-state index contributed by atoms with van der Waals surface area (Å²) >= 11 is 3.19. The molecule has 0 amide bonds. The molecule has 0 aromatic carbocycles. The van der Waals surface area contributed by atoms with Gasteiger partial charge in [0.2, 0.25) is 5.43 Å². The van der Waals surface area contributed by atoms with Crippen molar-refractivity contribution in [2.45, 2.75) is 31.3 Å². The highest BCUT2D eigenvalue weighted by Crippen LogP contribution is 2.49. The van der Waals surface area contributed by atoms with Crippen molar-refractivity contribution < 1.29 is 19.6 Å². The monoisotopic (exact) mass is 317 g/mol. The maximum Gasteiger partial charge on any atom is 0.237 e. The highest BCUT2D eigenvalue weighted by Gasteiger charge is 2.58. The average Bonchev–Trinajstić information content (AvgIpc) is 2.31. The predicted octanol–water partition coefficient (Wildman–Crippen LogP) is 0.755. The second-order valence-electron chi connectivity index (χ2n) is 4.64. The molecule has 1 N–H and O–H groups in total. The minimum absolute atomic E-state index is 0.218. The van der Waals surface area contributed by atoms with Gasteiger partial charge in [-0.25, -0.2) is 9.78 Å². The summed E-state index contributed by atoms with van der Waals surface area (Å²) in [6.07, 6.45) is 0.421. The van der Waals surface area contributed by atoms with E-state index in [-0.39, 0.29) is 11.2 Å². The van der Waals surface area contributed by atoms with Crippen LogP contribution in [0.15, 0.2) is 15.5 Å². The third-order valence-electron chi connectivity index (χ3n) is 3.56. The Labute approximate surface area is 111 Å². The summed E-state index contributed by atoms with van der Waals surface area (Å²) in [7, 11) is 1.44. The van der Waals surface area contributed by atoms with Crippen molar-refractivity contribution in [3.05, 3.63) is 26.6 Å². The standard InChI is InChI=1S/C11H12BrNO5/c1-11-6(14)4-13-3-5(12)8(15)9(16-2)7(13)10(11)17-18-11/h3,6,10,14H,4H2,1-2H3. The van der Waals surface area contributed by atoms with Crippen LogP contribution in [-0.4, -0.2) is 28.5 Å². The molecule has 0 spiro atoms. The van der Waals surface area contributed by atoms with E-state index in [2.05, 4.69) is 15.9 Å². The lowest BCUT2D eigenvalue weighted by Gasteiger charge is -2.51. The number of aromatic nitrogens is 1. The molecule has 1 aromatic heterocycles. The van der Waals surface area contributed by atoms with Crippen LogP contribution in [0.5, 0.6) is 5.75 Å². The van der Waals surface area contributed by atoms with Crippen LogP contribution in [0.1, 0.15) is 18.7 Å². The number of fused-ring (bicyclic) bond motifs is 3. The minimum atomic E-state index is -0.826. The highest BCUT2D eigenvalue weighted by atomic mass is 79.9. The Bertz CT molecular complexity index is 571. The molecule has 3 unspecified atom stereocenters. The van der Waals surface area contributed by atoms with E-state index in [4.69, 9.17) is 14.5 Å². The third kappa shape index (κ3) is 1.36. The topological polar surface area (TPSA) is 69.9 Å². The largest absolute Gasteiger partial charge is 0.491 e. The van der Waals surface area contributed by atoms with Crippen molar-refractivity contribution in [2.24, 2.45) is 0 Å². The van der Waals surface area contributed by atoms with E-state index in [1.54, 1.807) is 17.7 Å². The van der Waals surface area contributed by atoms with Crippen molar-refractivity contribution in [2.75, 3.05) is 7.11 Å². The van der Waals surface area contributed by atoms with Gasteiger partial charge >= 0.3 is 0 Å². The zero-order valence-electron chi connectivity index (χ0n) is 9.84. The van der Waals surface area contributed by atoms with Gasteiger partial charge in [0.25, 0.3) is 0 Å². The molecule has 2 aliphatic heterocycles. The Kier molecular flexibility index (Phi) is 2.57. The third-order valence-corrected chi connectivity index (χ3v) is 4.13. The van der Waals surface area contributed by atoms with Crippen molar-refractivity contribution in [3.8, 4) is 5.75 Å². The number of hydrogen-bond acceptors (Lipinski definition) is 5. The number of aliphatic hydroxyl groups excluding tert-OH is 1. The molecule has 0 saturated carbocycles. The van der Waals surface area contributed by atoms with E-state index in [0.717, 1.165) is 0 Å². The van der Waals surface area contributed by atoms with E-state index in [1.807, 2.05) is 0 Å². The SMILES string of the molecule is COc1c2n(cc(Br)c1=O)CC(O)C1(C)OOC21. The van der Waals surface area contributed by atoms with Crippen molar-refractivity contribution in [1.82, 2.24) is 4.57 Å². The predicted molar refractivity (Wildman–Crippen MR) is 64.3 cm³/mol. The van der Waals surface area contributed by atoms with Gasteiger partial charge in [0, 0.05) is 6.20 Å². The molecule has 3 rings (SSSR count). The van der Waals surface area contributed by atoms with E-state index >= 15 is 0 Å². The van der Waals surface area contributed by atoms with Crippen LogP contribution in [0, 0.1) is 0 Å². The fourth-order valence-corrected chi connectivity index (χ4v) is 2.83. The van der Waals surface area contributed by atoms with Gasteiger partial charge in [0.05, 0.1) is 18.1 Å². The molecule has 1 fully saturated rings. The maximum atomic E-state index is 12.0. The smallest absolute Gasteiger partial charge is 0.237 e. The first-order chi connectivity index (χ1) is 8.49. The lowest BCUT2D eigenvalue weighted by molar-refractivity contribution is -0.530. The van der Waals surface area contributed by atoms with Crippen LogP contribution in [0.2, 0.25) is 0 Å². The zero-order valence-corrected chi connectivity index (χ0v) is 11.4. The Morgan fingerprint density at radius 3 is 2.94 bits per heavy atom. The second kappa shape index (κ2) is 3.80. The van der Waals surface area contributed by atoms with Gasteiger partial charge in [0.1, 0.15) is 11.8 Å². The van der Waals surface area contributed by atoms with Crippen molar-refractivity contribution in [1.29, 1.82) is 0 Å². The van der Waals surface area contributed by atoms with Crippen LogP contribution < -0.4 is 10.2 Å². The first-order valence-electron chi connectivity index (χ1n) is 5.48. The van der Waals surface area contributed by atoms with Crippen LogP contribution in [-0.2, 0) is 16.3 Å². The number of nitrogens with zero attached hydrogens (tertiary/aromatic N) is 1. The summed E-state index contributed by atoms with van der Waals surface area (Å²) in [5.74, 6) is 0.218. The number of halogens is 1. The molecule has 98 valence electrons. The first-order valence-corrected chi connectivity index (χ1v) is 6.27. The van der Waals surface area contributed by atoms with Gasteiger partial charge in [-0.15, -0.1) is 0 Å². The minimum Gasteiger partial charge on any atom is -0.491 e. The summed E-state index contributed by atoms with van der Waals surface area (Å²) in [6, 6.07) is 0. The summed E-state index contributed by atoms with van der Waals surface area (Å²) in [5, 5.41) is 10.1. The lowest BCUT2D eigenvalue weighted by atomic mass is 9.84. The molecule has 0 aliphatic carbocycles. The quantitative estimate of drug-likeness (QED) is 0.774. The number of hydrogen-bond donors (Lipinski definition) is 1. The second-order valence-corrected chi connectivity index (χ2v) is 5.49. The molecule has 1 aromatic rings. The number of aliphatic hydroxyl groups is 1. The van der Waals surface area contributed by atoms with Crippen LogP contribution >= 0.6 is 15.9 Å². The summed E-state index contributed by atoms with van der Waals surface area (Å²) in [5.41, 5.74) is -0.462. The zero-order chi connectivity index (χ0) is 13.1. The Hall–Kier alpha value is -0.890. The number of pyridine rings is 1. The van der Waals surface area contributed by atoms with Crippen molar-refractivity contribution in [3.63, 3.8) is 0 Å². The molecule has 3 heterocycles. The average molecular weight is 318 g/mol. The Balaban J connectivity index is 2.25. The molecule has 7 heteroatoms. The Morgan fingerprint density at radius 2 is 2.39 bits per heavy atom. The Morgan fingerprint density at radius 1 is 1.67 bits per heavy atom. The van der Waals surface area contributed by atoms with E-state index in [9.17, 15) is 9.90 Å². The summed E-state index contributed by atoms with van der Waals surface area (Å²) < 4.78 is 7.32. The van der Waals surface area contributed by atoms with Gasteiger partial charge in [-0.3, -0.25) is 4.79 Å². The van der Waals surface area contributed by atoms with Gasteiger partial charge in [0.15, 0.2) is 17.5 Å². The van der Waals surface area contributed by atoms with Gasteiger partial charge in [-0.05, 0) is 22.9 Å². The van der Waals surface area contributed by atoms with Crippen LogP contribution in [0.3, 0.4) is 0 Å². The molecule has 3 atom stereocenters. The molecular weight excluding hydrogens is 306 g/mol. The van der Waals surface area contributed by atoms with Gasteiger partial charge in [-0.1, -0.05) is 0 Å². The highest BCUT2D eigenvalue weighted by molar-refractivity contribution is 9.10. The van der Waals surface area contributed by atoms with E-state index in [1.165, 1.54) is 7.11 Å². The van der Waals surface area contributed by atoms with E-state index < -0.39 is 17.8 Å². The molecule has 18 heavy (non-hydrogen) atoms. The number of methoxy groups -OCH3 is 1. The fraction of sp³-hybridized carbons (Fsp3) is 0.545. The number of rotatable bonds is 1. The van der Waals surface area contributed by atoms with Crippen LogP contribution in [0.25, 0.3) is 0 Å². The van der Waals surface area contributed by atoms with E-state index in [0.29, 0.717) is 16.7 Å². The normalized spacial score (nSPS) is 33.3. The first kappa shape index (κ1) is 12.2. The lowest BCUT2D eigenvalue weighted by Crippen LogP contribution is -2.61. The molecule has 0 radical (unpaired) electrons. The molecule has 6 nitrogen and oxygen atoms in total. The summed E-state index contributed by atoms with van der Waals surface area (Å²) in [6.45, 7) is 2.07. The maximum absolute atomic E-state index is 12.0. The van der Waals surface area contributed by atoms with Crippen LogP contribution in [0.4, 0.5) is 0 Å².